The van der Waals surface area contributed by atoms with Gasteiger partial charge in [-0.3, -0.25) is 4.98 Å². The van der Waals surface area contributed by atoms with Crippen molar-refractivity contribution in [2.24, 2.45) is 0 Å². The third-order valence-electron chi connectivity index (χ3n) is 4.27. The molecule has 1 aliphatic heterocycles. The second kappa shape index (κ2) is 7.57. The van der Waals surface area contributed by atoms with Crippen LogP contribution < -0.4 is 10.2 Å². The monoisotopic (exact) mass is 341 g/mol. The number of rotatable bonds is 3. The summed E-state index contributed by atoms with van der Waals surface area (Å²) in [6.45, 7) is 7.95. The molecule has 1 fully saturated rings. The van der Waals surface area contributed by atoms with Crippen LogP contribution in [-0.2, 0) is 0 Å². The van der Waals surface area contributed by atoms with Gasteiger partial charge in [0.25, 0.3) is 0 Å². The summed E-state index contributed by atoms with van der Waals surface area (Å²) in [4.78, 5) is 12.9. The quantitative estimate of drug-likeness (QED) is 0.866. The van der Waals surface area contributed by atoms with Crippen molar-refractivity contribution in [1.82, 2.24) is 14.9 Å². The van der Waals surface area contributed by atoms with E-state index in [1.54, 1.807) is 12.4 Å². The van der Waals surface area contributed by atoms with Crippen LogP contribution in [0.1, 0.15) is 25.3 Å². The second-order valence-corrected chi connectivity index (χ2v) is 6.63. The van der Waals surface area contributed by atoms with Crippen molar-refractivity contribution in [2.45, 2.75) is 19.8 Å². The van der Waals surface area contributed by atoms with Gasteiger partial charge in [0.15, 0.2) is 5.11 Å². The summed E-state index contributed by atoms with van der Waals surface area (Å²) in [5.41, 5.74) is 2.38. The van der Waals surface area contributed by atoms with E-state index in [1.165, 1.54) is 5.56 Å². The summed E-state index contributed by atoms with van der Waals surface area (Å²) < 4.78 is 0. The zero-order valence-corrected chi connectivity index (χ0v) is 15.0. The molecule has 0 unspecified atom stereocenters. The van der Waals surface area contributed by atoms with Crippen molar-refractivity contribution in [2.75, 3.05) is 36.4 Å². The fraction of sp³-hybridized carbons (Fsp3) is 0.389. The van der Waals surface area contributed by atoms with Gasteiger partial charge in [0.05, 0.1) is 6.20 Å². The van der Waals surface area contributed by atoms with E-state index < -0.39 is 0 Å². The number of nitrogens with zero attached hydrogens (tertiary/aromatic N) is 4. The second-order valence-electron chi connectivity index (χ2n) is 6.24. The summed E-state index contributed by atoms with van der Waals surface area (Å²) in [6.07, 6.45) is 5.24. The zero-order valence-electron chi connectivity index (χ0n) is 14.1. The molecule has 1 aromatic carbocycles. The van der Waals surface area contributed by atoms with E-state index in [2.05, 4.69) is 63.2 Å². The van der Waals surface area contributed by atoms with Gasteiger partial charge >= 0.3 is 0 Å². The minimum absolute atomic E-state index is 0.542. The Morgan fingerprint density at radius 3 is 2.38 bits per heavy atom. The fourth-order valence-corrected chi connectivity index (χ4v) is 3.05. The first-order chi connectivity index (χ1) is 11.6. The van der Waals surface area contributed by atoms with Crippen LogP contribution in [0.2, 0.25) is 0 Å². The number of piperazine rings is 1. The molecule has 3 rings (SSSR count). The largest absolute Gasteiger partial charge is 0.352 e. The molecule has 1 N–H and O–H groups in total. The molecule has 6 heteroatoms. The molecule has 1 saturated heterocycles. The standard InChI is InChI=1S/C18H23N5S/c1-14(2)15-3-5-16(6-4-15)21-18(24)23-11-9-22(10-12-23)17-13-19-7-8-20-17/h3-8,13-14H,9-12H2,1-2H3,(H,21,24). The van der Waals surface area contributed by atoms with Crippen LogP contribution in [-0.4, -0.2) is 46.2 Å². The van der Waals surface area contributed by atoms with Crippen LogP contribution in [0.5, 0.6) is 0 Å². The Bertz CT molecular complexity index is 664. The van der Waals surface area contributed by atoms with Crippen molar-refractivity contribution in [3.8, 4) is 0 Å². The summed E-state index contributed by atoms with van der Waals surface area (Å²) in [5, 5.41) is 4.13. The van der Waals surface area contributed by atoms with Crippen molar-refractivity contribution in [3.63, 3.8) is 0 Å². The van der Waals surface area contributed by atoms with Gasteiger partial charge < -0.3 is 15.1 Å². The van der Waals surface area contributed by atoms with Crippen LogP contribution in [0, 0.1) is 0 Å². The maximum Gasteiger partial charge on any atom is 0.173 e. The molecule has 0 saturated carbocycles. The predicted molar refractivity (Wildman–Crippen MR) is 103 cm³/mol. The maximum absolute atomic E-state index is 5.56. The van der Waals surface area contributed by atoms with E-state index in [0.717, 1.165) is 42.8 Å². The normalized spacial score (nSPS) is 14.8. The number of anilines is 2. The first-order valence-electron chi connectivity index (χ1n) is 8.30. The lowest BCUT2D eigenvalue weighted by atomic mass is 10.0. The minimum Gasteiger partial charge on any atom is -0.352 e. The fourth-order valence-electron chi connectivity index (χ4n) is 2.75. The average molecular weight is 341 g/mol. The van der Waals surface area contributed by atoms with Crippen molar-refractivity contribution < 1.29 is 0 Å². The molecule has 1 aliphatic rings. The van der Waals surface area contributed by atoms with Gasteiger partial charge in [0, 0.05) is 44.3 Å². The molecular weight excluding hydrogens is 318 g/mol. The summed E-state index contributed by atoms with van der Waals surface area (Å²) in [6, 6.07) is 8.50. The van der Waals surface area contributed by atoms with Crippen LogP contribution >= 0.6 is 12.2 Å². The molecule has 0 radical (unpaired) electrons. The van der Waals surface area contributed by atoms with Gasteiger partial charge in [-0.1, -0.05) is 26.0 Å². The maximum atomic E-state index is 5.56. The van der Waals surface area contributed by atoms with E-state index >= 15 is 0 Å². The molecule has 5 nitrogen and oxygen atoms in total. The van der Waals surface area contributed by atoms with Gasteiger partial charge in [-0.2, -0.15) is 0 Å². The lowest BCUT2D eigenvalue weighted by Crippen LogP contribution is -2.50. The van der Waals surface area contributed by atoms with Gasteiger partial charge in [0.1, 0.15) is 5.82 Å². The molecule has 0 spiro atoms. The third kappa shape index (κ3) is 4.00. The molecule has 24 heavy (non-hydrogen) atoms. The van der Waals surface area contributed by atoms with E-state index in [1.807, 2.05) is 6.20 Å². The van der Waals surface area contributed by atoms with Crippen LogP contribution in [0.15, 0.2) is 42.9 Å². The Kier molecular flexibility index (Phi) is 5.25. The predicted octanol–water partition coefficient (Wildman–Crippen LogP) is 3.12. The van der Waals surface area contributed by atoms with Gasteiger partial charge in [-0.15, -0.1) is 0 Å². The highest BCUT2D eigenvalue weighted by molar-refractivity contribution is 7.80. The molecule has 126 valence electrons. The van der Waals surface area contributed by atoms with Gasteiger partial charge in [-0.05, 0) is 35.8 Å². The minimum atomic E-state index is 0.542. The Morgan fingerprint density at radius 1 is 1.08 bits per heavy atom. The molecule has 0 bridgehead atoms. The Balaban J connectivity index is 1.53. The average Bonchev–Trinajstić information content (AvgIpc) is 2.63. The molecular formula is C18H23N5S. The van der Waals surface area contributed by atoms with Crippen LogP contribution in [0.25, 0.3) is 0 Å². The molecule has 1 aromatic heterocycles. The smallest absolute Gasteiger partial charge is 0.173 e. The summed E-state index contributed by atoms with van der Waals surface area (Å²) in [5.74, 6) is 1.47. The van der Waals surface area contributed by atoms with E-state index in [0.29, 0.717) is 5.92 Å². The van der Waals surface area contributed by atoms with E-state index in [9.17, 15) is 0 Å². The lowest BCUT2D eigenvalue weighted by molar-refractivity contribution is 0.389. The van der Waals surface area contributed by atoms with Crippen LogP contribution in [0.4, 0.5) is 11.5 Å². The Morgan fingerprint density at radius 2 is 1.79 bits per heavy atom. The number of benzene rings is 1. The van der Waals surface area contributed by atoms with Gasteiger partial charge in [-0.25, -0.2) is 4.98 Å². The van der Waals surface area contributed by atoms with E-state index in [4.69, 9.17) is 12.2 Å². The van der Waals surface area contributed by atoms with E-state index in [-0.39, 0.29) is 0 Å². The zero-order chi connectivity index (χ0) is 16.9. The SMILES string of the molecule is CC(C)c1ccc(NC(=S)N2CCN(c3cnccn3)CC2)cc1. The van der Waals surface area contributed by atoms with Gasteiger partial charge in [0.2, 0.25) is 0 Å². The molecule has 2 heterocycles. The lowest BCUT2D eigenvalue weighted by Gasteiger charge is -2.36. The molecule has 0 aliphatic carbocycles. The van der Waals surface area contributed by atoms with Crippen molar-refractivity contribution in [1.29, 1.82) is 0 Å². The Hall–Kier alpha value is -2.21. The van der Waals surface area contributed by atoms with Crippen LogP contribution in [0.3, 0.4) is 0 Å². The topological polar surface area (TPSA) is 44.3 Å². The highest BCUT2D eigenvalue weighted by atomic mass is 32.1. The number of thiocarbonyl (C=S) groups is 1. The number of nitrogens with one attached hydrogen (secondary N) is 1. The Labute approximate surface area is 148 Å². The number of hydrogen-bond donors (Lipinski definition) is 1. The first kappa shape index (κ1) is 16.6. The first-order valence-corrected chi connectivity index (χ1v) is 8.71. The molecule has 0 amide bonds. The summed E-state index contributed by atoms with van der Waals surface area (Å²) >= 11 is 5.56. The summed E-state index contributed by atoms with van der Waals surface area (Å²) in [7, 11) is 0. The van der Waals surface area contributed by atoms with Crippen molar-refractivity contribution >= 4 is 28.8 Å². The third-order valence-corrected chi connectivity index (χ3v) is 4.63. The molecule has 0 atom stereocenters. The molecule has 2 aromatic rings. The number of aromatic nitrogens is 2. The number of hydrogen-bond acceptors (Lipinski definition) is 4. The van der Waals surface area contributed by atoms with Crippen molar-refractivity contribution in [3.05, 3.63) is 48.4 Å². The highest BCUT2D eigenvalue weighted by Crippen LogP contribution is 2.18. The highest BCUT2D eigenvalue weighted by Gasteiger charge is 2.20.